The van der Waals surface area contributed by atoms with Crippen molar-refractivity contribution in [2.45, 2.75) is 0 Å². The molecule has 14 nitrogen and oxygen atoms in total. The molecule has 9 aromatic carbocycles. The summed E-state index contributed by atoms with van der Waals surface area (Å²) in [6.45, 7) is 0. The fraction of sp³-hybridized carbons (Fsp3) is 0. The van der Waals surface area contributed by atoms with Gasteiger partial charge in [-0.15, -0.1) is 0 Å². The summed E-state index contributed by atoms with van der Waals surface area (Å²) in [5.74, 6) is 5.57. The molecule has 14 heteroatoms. The molecule has 14 rings (SSSR count). The molecule has 0 unspecified atom stereocenters. The number of hydrogen-bond acceptors (Lipinski definition) is 12. The van der Waals surface area contributed by atoms with Crippen LogP contribution in [0.5, 0.6) is 40.2 Å². The van der Waals surface area contributed by atoms with Gasteiger partial charge in [-0.2, -0.15) is 10.5 Å². The SMILES string of the molecule is N#Cc1ccc(Oc2ccc(-c3ccc(Oc4ccc5c6nc7nc(nc8[nH]c(nc9nc(nc([nH]6)c5c4)-c4ccccc4-9)c4ccccc84)-c4ccc(Oc5ccc(-c6ccc(O)cc6)cc5)cc4-7)cc3)cc2)cc1C#N. The summed E-state index contributed by atoms with van der Waals surface area (Å²) < 4.78 is 19.0. The van der Waals surface area contributed by atoms with Crippen molar-refractivity contribution in [2.75, 3.05) is 0 Å². The van der Waals surface area contributed by atoms with Gasteiger partial charge in [0, 0.05) is 43.8 Å². The molecule has 0 amide bonds. The minimum atomic E-state index is 0.212. The molecule has 0 spiro atoms. The molecule has 0 atom stereocenters. The van der Waals surface area contributed by atoms with E-state index in [1.807, 2.05) is 182 Å². The van der Waals surface area contributed by atoms with E-state index in [0.29, 0.717) is 85.9 Å². The van der Waals surface area contributed by atoms with E-state index in [1.165, 1.54) is 0 Å². The van der Waals surface area contributed by atoms with Gasteiger partial charge in [0.15, 0.2) is 23.3 Å². The Bertz CT molecular complexity index is 4680. The third kappa shape index (κ3) is 8.26. The van der Waals surface area contributed by atoms with Crippen molar-refractivity contribution in [3.8, 4) is 120 Å². The molecule has 0 radical (unpaired) electrons. The Morgan fingerprint density at radius 3 is 1.19 bits per heavy atom. The number of ether oxygens (including phenoxy) is 3. The van der Waals surface area contributed by atoms with Crippen molar-refractivity contribution in [3.05, 3.63) is 211 Å². The fourth-order valence-corrected chi connectivity index (χ4v) is 9.76. The van der Waals surface area contributed by atoms with E-state index >= 15 is 0 Å². The fourth-order valence-electron chi connectivity index (χ4n) is 9.76. The molecule has 5 heterocycles. The molecule has 2 aliphatic rings. The summed E-state index contributed by atoms with van der Waals surface area (Å²) in [5.41, 5.74) is 9.82. The number of rotatable bonds is 8. The molecule has 0 fully saturated rings. The summed E-state index contributed by atoms with van der Waals surface area (Å²) in [5, 5.41) is 31.8. The van der Waals surface area contributed by atoms with Crippen LogP contribution >= 0.6 is 0 Å². The second-order valence-corrected chi connectivity index (χ2v) is 18.5. The maximum atomic E-state index is 9.80. The summed E-state index contributed by atoms with van der Waals surface area (Å²) in [7, 11) is 0. The highest BCUT2D eigenvalue weighted by atomic mass is 16.5. The van der Waals surface area contributed by atoms with Gasteiger partial charge in [-0.1, -0.05) is 97.1 Å². The van der Waals surface area contributed by atoms with Gasteiger partial charge in [0.2, 0.25) is 0 Å². The van der Waals surface area contributed by atoms with E-state index in [1.54, 1.807) is 30.3 Å². The van der Waals surface area contributed by atoms with Gasteiger partial charge in [0.1, 0.15) is 75.0 Å². The first-order chi connectivity index (χ1) is 38.4. The molecule has 366 valence electrons. The van der Waals surface area contributed by atoms with Gasteiger partial charge in [0.05, 0.1) is 11.1 Å². The number of aromatic nitrogens is 8. The molecule has 8 bridgehead atoms. The number of fused-ring (bicyclic) bond motifs is 20. The molecule has 2 aliphatic heterocycles. The van der Waals surface area contributed by atoms with Crippen molar-refractivity contribution in [1.29, 1.82) is 10.5 Å². The number of H-pyrrole nitrogens is 2. The zero-order valence-corrected chi connectivity index (χ0v) is 40.8. The standard InChI is InChI=1S/C64H36N10O4/c65-34-40-17-26-46(31-41(40)35-66)76-43-20-13-38(14-21-43)39-15-24-45(25-16-39)78-48-28-30-54-56(33-48)63-71-60-52-8-4-3-7-51(52)58(69-60)67-57-49-5-1-2-6-50(49)59(68-57)70-61-53-29-27-47(32-55(53)64(72-61)74-62(54)73-63)77-44-22-11-37(12-23-44)36-9-18-42(75)19-10-36/h1-33,75H,(H2,67,68,69,70,71,72,73,74). The Kier molecular flexibility index (Phi) is 10.7. The van der Waals surface area contributed by atoms with Crippen LogP contribution in [0.25, 0.3) is 112 Å². The second-order valence-electron chi connectivity index (χ2n) is 18.5. The van der Waals surface area contributed by atoms with Gasteiger partial charge < -0.3 is 29.3 Å². The average molecular weight is 1010 g/mol. The van der Waals surface area contributed by atoms with E-state index in [2.05, 4.69) is 9.97 Å². The van der Waals surface area contributed by atoms with Gasteiger partial charge >= 0.3 is 0 Å². The minimum absolute atomic E-state index is 0.212. The first-order valence-corrected chi connectivity index (χ1v) is 24.7. The van der Waals surface area contributed by atoms with E-state index in [-0.39, 0.29) is 11.3 Å². The molecule has 3 N–H and O–H groups in total. The van der Waals surface area contributed by atoms with E-state index in [0.717, 1.165) is 66.1 Å². The Hall–Kier alpha value is -11.5. The predicted molar refractivity (Wildman–Crippen MR) is 298 cm³/mol. The number of benzene rings is 9. The molecule has 3 aromatic heterocycles. The Balaban J connectivity index is 0.852. The number of nitrogens with zero attached hydrogens (tertiary/aromatic N) is 8. The Morgan fingerprint density at radius 1 is 0.321 bits per heavy atom. The summed E-state index contributed by atoms with van der Waals surface area (Å²) in [6, 6.07) is 66.7. The highest BCUT2D eigenvalue weighted by Crippen LogP contribution is 2.41. The molecule has 0 saturated carbocycles. The summed E-state index contributed by atoms with van der Waals surface area (Å²) in [6.07, 6.45) is 0. The van der Waals surface area contributed by atoms with E-state index in [9.17, 15) is 15.6 Å². The zero-order valence-electron chi connectivity index (χ0n) is 40.8. The molecular formula is C64H36N10O4. The Labute approximate surface area is 443 Å². The molecular weight excluding hydrogens is 973 g/mol. The number of phenolic OH excluding ortho intramolecular Hbond substituents is 1. The summed E-state index contributed by atoms with van der Waals surface area (Å²) >= 11 is 0. The van der Waals surface area contributed by atoms with Crippen LogP contribution in [-0.2, 0) is 0 Å². The predicted octanol–water partition coefficient (Wildman–Crippen LogP) is 15.0. The quantitative estimate of drug-likeness (QED) is 0.130. The lowest BCUT2D eigenvalue weighted by Gasteiger charge is -2.09. The van der Waals surface area contributed by atoms with Crippen LogP contribution in [0.2, 0.25) is 0 Å². The van der Waals surface area contributed by atoms with Crippen LogP contribution in [0.3, 0.4) is 0 Å². The highest BCUT2D eigenvalue weighted by molar-refractivity contribution is 6.07. The van der Waals surface area contributed by atoms with Crippen molar-refractivity contribution in [1.82, 2.24) is 39.9 Å². The third-order valence-corrected chi connectivity index (χ3v) is 13.6. The smallest absolute Gasteiger partial charge is 0.164 e. The highest BCUT2D eigenvalue weighted by Gasteiger charge is 2.23. The van der Waals surface area contributed by atoms with Crippen LogP contribution in [-0.4, -0.2) is 45.0 Å². The molecule has 0 aliphatic carbocycles. The summed E-state index contributed by atoms with van der Waals surface area (Å²) in [4.78, 5) is 38.0. The second kappa shape index (κ2) is 18.5. The van der Waals surface area contributed by atoms with E-state index < -0.39 is 0 Å². The van der Waals surface area contributed by atoms with Gasteiger partial charge in [-0.3, -0.25) is 0 Å². The van der Waals surface area contributed by atoms with Crippen molar-refractivity contribution in [2.24, 2.45) is 0 Å². The van der Waals surface area contributed by atoms with Crippen LogP contribution < -0.4 is 14.2 Å². The minimum Gasteiger partial charge on any atom is -0.508 e. The lowest BCUT2D eigenvalue weighted by Crippen LogP contribution is -1.89. The van der Waals surface area contributed by atoms with Crippen LogP contribution in [0.1, 0.15) is 11.1 Å². The lowest BCUT2D eigenvalue weighted by atomic mass is 10.1. The number of hydrogen-bond donors (Lipinski definition) is 3. The van der Waals surface area contributed by atoms with Crippen molar-refractivity contribution in [3.63, 3.8) is 0 Å². The average Bonchev–Trinajstić information content (AvgIpc) is 4.28. The van der Waals surface area contributed by atoms with Crippen molar-refractivity contribution >= 4 is 44.1 Å². The topological polar surface area (TPSA) is 204 Å². The number of aromatic amines is 2. The monoisotopic (exact) mass is 1010 g/mol. The molecule has 12 aromatic rings. The normalized spacial score (nSPS) is 11.4. The maximum Gasteiger partial charge on any atom is 0.164 e. The largest absolute Gasteiger partial charge is 0.508 e. The third-order valence-electron chi connectivity index (χ3n) is 13.6. The number of aromatic hydroxyl groups is 1. The van der Waals surface area contributed by atoms with Gasteiger partial charge in [0.25, 0.3) is 0 Å². The van der Waals surface area contributed by atoms with Crippen LogP contribution in [0.15, 0.2) is 200 Å². The van der Waals surface area contributed by atoms with Gasteiger partial charge in [-0.05, 0) is 125 Å². The number of nitriles is 2. The van der Waals surface area contributed by atoms with Crippen LogP contribution in [0, 0.1) is 22.7 Å². The van der Waals surface area contributed by atoms with Crippen molar-refractivity contribution < 1.29 is 19.3 Å². The zero-order chi connectivity index (χ0) is 52.3. The maximum absolute atomic E-state index is 9.80. The lowest BCUT2D eigenvalue weighted by molar-refractivity contribution is 0.475. The first kappa shape index (κ1) is 45.2. The Morgan fingerprint density at radius 2 is 0.692 bits per heavy atom. The van der Waals surface area contributed by atoms with E-state index in [4.69, 9.17) is 44.1 Å². The number of nitrogens with one attached hydrogen (secondary N) is 2. The molecule has 78 heavy (non-hydrogen) atoms. The van der Waals surface area contributed by atoms with Gasteiger partial charge in [-0.25, -0.2) is 29.9 Å². The molecule has 0 saturated heterocycles. The number of phenols is 1. The van der Waals surface area contributed by atoms with Crippen LogP contribution in [0.4, 0.5) is 0 Å². The first-order valence-electron chi connectivity index (χ1n) is 24.7.